The topological polar surface area (TPSA) is 73.6 Å². The third kappa shape index (κ3) is 4.34. The van der Waals surface area contributed by atoms with Crippen LogP contribution in [0.1, 0.15) is 25.5 Å². The van der Waals surface area contributed by atoms with Crippen LogP contribution in [-0.2, 0) is 9.59 Å². The minimum Gasteiger partial charge on any atom is -0.548 e. The Labute approximate surface area is 174 Å². The van der Waals surface area contributed by atoms with Crippen LogP contribution in [0.3, 0.4) is 0 Å². The van der Waals surface area contributed by atoms with Crippen LogP contribution in [0.25, 0.3) is 17.4 Å². The highest BCUT2D eigenvalue weighted by molar-refractivity contribution is 9.10. The summed E-state index contributed by atoms with van der Waals surface area (Å²) in [5.41, 5.74) is 0.908. The van der Waals surface area contributed by atoms with Gasteiger partial charge in [-0.25, -0.2) is 0 Å². The van der Waals surface area contributed by atoms with Crippen LogP contribution < -0.4 is 5.11 Å². The average molecular weight is 465 g/mol. The quantitative estimate of drug-likeness (QED) is 0.477. The molecule has 1 fully saturated rings. The molecular weight excluding hydrogens is 450 g/mol. The van der Waals surface area contributed by atoms with E-state index in [0.29, 0.717) is 22.8 Å². The summed E-state index contributed by atoms with van der Waals surface area (Å²) in [5, 5.41) is 11.4. The highest BCUT2D eigenvalue weighted by atomic mass is 79.9. The van der Waals surface area contributed by atoms with Gasteiger partial charge in [0, 0.05) is 16.1 Å². The van der Waals surface area contributed by atoms with E-state index in [1.807, 2.05) is 37.3 Å². The number of carboxylic acid groups (broad SMARTS) is 1. The van der Waals surface area contributed by atoms with Crippen LogP contribution in [0.2, 0.25) is 0 Å². The van der Waals surface area contributed by atoms with E-state index in [2.05, 4.69) is 15.9 Å². The molecule has 0 aliphatic carbocycles. The summed E-state index contributed by atoms with van der Waals surface area (Å²) in [6.07, 6.45) is 2.47. The number of carbonyl (C=O) groups is 2. The monoisotopic (exact) mass is 464 g/mol. The van der Waals surface area contributed by atoms with Crippen molar-refractivity contribution in [2.75, 3.05) is 0 Å². The Morgan fingerprint density at radius 3 is 2.67 bits per heavy atom. The smallest absolute Gasteiger partial charge is 0.266 e. The summed E-state index contributed by atoms with van der Waals surface area (Å²) in [7, 11) is 0. The number of furan rings is 1. The van der Waals surface area contributed by atoms with Gasteiger partial charge in [-0.2, -0.15) is 0 Å². The van der Waals surface area contributed by atoms with Crippen LogP contribution in [0.15, 0.2) is 50.2 Å². The van der Waals surface area contributed by atoms with E-state index in [0.717, 1.165) is 26.7 Å². The van der Waals surface area contributed by atoms with E-state index in [1.54, 1.807) is 12.1 Å². The molecule has 1 aromatic carbocycles. The number of rotatable bonds is 6. The average Bonchev–Trinajstić information content (AvgIpc) is 3.19. The number of hydrogen-bond donors (Lipinski definition) is 0. The lowest BCUT2D eigenvalue weighted by molar-refractivity contribution is -0.310. The highest BCUT2D eigenvalue weighted by Crippen LogP contribution is 2.35. The number of amides is 1. The molecular formula is C19H15BrNO4S2-. The fraction of sp³-hybridized carbons (Fsp3) is 0.211. The van der Waals surface area contributed by atoms with Gasteiger partial charge in [0.1, 0.15) is 15.8 Å². The molecule has 27 heavy (non-hydrogen) atoms. The maximum absolute atomic E-state index is 12.7. The second kappa shape index (κ2) is 8.41. The van der Waals surface area contributed by atoms with Gasteiger partial charge in [0.2, 0.25) is 0 Å². The van der Waals surface area contributed by atoms with Crippen molar-refractivity contribution in [1.82, 2.24) is 4.90 Å². The van der Waals surface area contributed by atoms with E-state index in [4.69, 9.17) is 16.6 Å². The predicted octanol–water partition coefficient (Wildman–Crippen LogP) is 3.83. The molecule has 0 unspecified atom stereocenters. The molecule has 0 spiro atoms. The van der Waals surface area contributed by atoms with E-state index in [-0.39, 0.29) is 10.7 Å². The van der Waals surface area contributed by atoms with Gasteiger partial charge in [-0.3, -0.25) is 9.69 Å². The normalized spacial score (nSPS) is 17.0. The first-order valence-corrected chi connectivity index (χ1v) is 10.3. The van der Waals surface area contributed by atoms with Crippen molar-refractivity contribution in [1.29, 1.82) is 0 Å². The predicted molar refractivity (Wildman–Crippen MR) is 111 cm³/mol. The first-order valence-electron chi connectivity index (χ1n) is 8.24. The third-order valence-corrected chi connectivity index (χ3v) is 5.86. The molecule has 0 radical (unpaired) electrons. The van der Waals surface area contributed by atoms with Gasteiger partial charge in [-0.15, -0.1) is 0 Å². The van der Waals surface area contributed by atoms with Crippen molar-refractivity contribution in [3.05, 3.63) is 51.5 Å². The number of aliphatic carboxylic acids is 1. The first-order chi connectivity index (χ1) is 12.9. The van der Waals surface area contributed by atoms with Crippen molar-refractivity contribution in [3.63, 3.8) is 0 Å². The van der Waals surface area contributed by atoms with Gasteiger partial charge in [-0.1, -0.05) is 65.4 Å². The van der Waals surface area contributed by atoms with Crippen molar-refractivity contribution in [2.24, 2.45) is 0 Å². The molecule has 8 heteroatoms. The van der Waals surface area contributed by atoms with E-state index >= 15 is 0 Å². The van der Waals surface area contributed by atoms with Crippen molar-refractivity contribution >= 4 is 62.2 Å². The largest absolute Gasteiger partial charge is 0.548 e. The molecule has 1 saturated heterocycles. The third-order valence-electron chi connectivity index (χ3n) is 4.00. The number of carboxylic acids is 1. The van der Waals surface area contributed by atoms with E-state index in [9.17, 15) is 14.7 Å². The number of nitrogens with zero attached hydrogens (tertiary/aromatic N) is 1. The lowest BCUT2D eigenvalue weighted by Gasteiger charge is -2.27. The molecule has 1 amide bonds. The molecule has 1 atom stereocenters. The first kappa shape index (κ1) is 19.9. The molecule has 1 aliphatic heterocycles. The van der Waals surface area contributed by atoms with Crippen molar-refractivity contribution in [2.45, 2.75) is 25.8 Å². The van der Waals surface area contributed by atoms with Gasteiger partial charge in [0.25, 0.3) is 5.91 Å². The number of thiocarbonyl (C=S) groups is 1. The zero-order valence-electron chi connectivity index (χ0n) is 14.3. The summed E-state index contributed by atoms with van der Waals surface area (Å²) in [6.45, 7) is 1.84. The van der Waals surface area contributed by atoms with Crippen LogP contribution in [0.4, 0.5) is 0 Å². The minimum absolute atomic E-state index is 0.216. The Hall–Kier alpha value is -1.90. The number of benzene rings is 1. The highest BCUT2D eigenvalue weighted by Gasteiger charge is 2.37. The van der Waals surface area contributed by atoms with Crippen LogP contribution >= 0.6 is 39.9 Å². The van der Waals surface area contributed by atoms with Gasteiger partial charge in [0.15, 0.2) is 0 Å². The molecule has 140 valence electrons. The minimum atomic E-state index is -1.30. The number of carbonyl (C=O) groups excluding carboxylic acids is 2. The number of halogens is 1. The van der Waals surface area contributed by atoms with Crippen LogP contribution in [0, 0.1) is 0 Å². The van der Waals surface area contributed by atoms with E-state index in [1.165, 1.54) is 0 Å². The Balaban J connectivity index is 1.84. The Morgan fingerprint density at radius 1 is 1.33 bits per heavy atom. The zero-order valence-corrected chi connectivity index (χ0v) is 17.5. The molecule has 0 N–H and O–H groups in total. The van der Waals surface area contributed by atoms with Crippen LogP contribution in [0.5, 0.6) is 0 Å². The standard InChI is InChI=1S/C19H16BrNO4S2/c1-2-3-14(18(23)24)21-17(22)16(27-19(21)26)10-13-8-9-15(25-13)11-4-6-12(20)7-5-11/h4-10,14H,2-3H2,1H3,(H,23,24)/p-1/b16-10+/t14-/m1/s1. The molecule has 1 aliphatic rings. The molecule has 0 bridgehead atoms. The Bertz CT molecular complexity index is 920. The fourth-order valence-electron chi connectivity index (χ4n) is 2.70. The maximum Gasteiger partial charge on any atom is 0.266 e. The maximum atomic E-state index is 12.7. The molecule has 5 nitrogen and oxygen atoms in total. The van der Waals surface area contributed by atoms with Gasteiger partial charge in [0.05, 0.1) is 16.9 Å². The summed E-state index contributed by atoms with van der Waals surface area (Å²) >= 11 is 9.67. The second-order valence-electron chi connectivity index (χ2n) is 5.88. The SMILES string of the molecule is CCC[C@H](C(=O)[O-])N1C(=O)/C(=C\c2ccc(-c3ccc(Br)cc3)o2)SC1=S. The second-order valence-corrected chi connectivity index (χ2v) is 8.48. The van der Waals surface area contributed by atoms with Gasteiger partial charge >= 0.3 is 0 Å². The van der Waals surface area contributed by atoms with Crippen LogP contribution in [-0.4, -0.2) is 27.1 Å². The molecule has 0 saturated carbocycles. The Morgan fingerprint density at radius 2 is 2.04 bits per heavy atom. The Kier molecular flexibility index (Phi) is 6.18. The molecule has 3 rings (SSSR count). The lowest BCUT2D eigenvalue weighted by atomic mass is 10.1. The van der Waals surface area contributed by atoms with Crippen molar-refractivity contribution < 1.29 is 19.1 Å². The fourth-order valence-corrected chi connectivity index (χ4v) is 4.30. The zero-order chi connectivity index (χ0) is 19.6. The summed E-state index contributed by atoms with van der Waals surface area (Å²) in [4.78, 5) is 25.5. The summed E-state index contributed by atoms with van der Waals surface area (Å²) in [5.74, 6) is -0.573. The number of thioether (sulfide) groups is 1. The van der Waals surface area contributed by atoms with Crippen molar-refractivity contribution in [3.8, 4) is 11.3 Å². The molecule has 1 aromatic heterocycles. The summed E-state index contributed by atoms with van der Waals surface area (Å²) < 4.78 is 6.98. The lowest BCUT2D eigenvalue weighted by Crippen LogP contribution is -2.49. The molecule has 2 heterocycles. The van der Waals surface area contributed by atoms with Gasteiger partial charge in [-0.05, 0) is 30.7 Å². The summed E-state index contributed by atoms with van der Waals surface area (Å²) in [6, 6.07) is 10.2. The number of hydrogen-bond acceptors (Lipinski definition) is 6. The van der Waals surface area contributed by atoms with Gasteiger partial charge < -0.3 is 14.3 Å². The van der Waals surface area contributed by atoms with E-state index < -0.39 is 17.9 Å². The molecule has 2 aromatic rings.